The van der Waals surface area contributed by atoms with Gasteiger partial charge in [0, 0.05) is 12.6 Å². The van der Waals surface area contributed by atoms with Crippen LogP contribution < -0.4 is 10.1 Å². The number of hydrogen-bond donors (Lipinski definition) is 1. The summed E-state index contributed by atoms with van der Waals surface area (Å²) in [6.07, 6.45) is 3.14. The second-order valence-electron chi connectivity index (χ2n) is 6.12. The Labute approximate surface area is 153 Å². The molecule has 138 valence electrons. The summed E-state index contributed by atoms with van der Waals surface area (Å²) in [6, 6.07) is 12.4. The van der Waals surface area contributed by atoms with Crippen molar-refractivity contribution in [1.29, 1.82) is 0 Å². The summed E-state index contributed by atoms with van der Waals surface area (Å²) < 4.78 is 24.0. The van der Waals surface area contributed by atoms with Crippen molar-refractivity contribution in [3.8, 4) is 5.75 Å². The minimum Gasteiger partial charge on any atom is -0.494 e. The van der Waals surface area contributed by atoms with Gasteiger partial charge in [0.25, 0.3) is 0 Å². The third kappa shape index (κ3) is 6.33. The highest BCUT2D eigenvalue weighted by atomic mass is 19.1. The highest BCUT2D eigenvalue weighted by Gasteiger charge is 2.03. The largest absolute Gasteiger partial charge is 0.494 e. The molecule has 0 heterocycles. The summed E-state index contributed by atoms with van der Waals surface area (Å²) in [7, 11) is 1.41. The Morgan fingerprint density at radius 3 is 2.46 bits per heavy atom. The number of ether oxygens (including phenoxy) is 2. The Morgan fingerprint density at radius 1 is 1.15 bits per heavy atom. The Balaban J connectivity index is 1.83. The molecule has 2 rings (SSSR count). The zero-order valence-electron chi connectivity index (χ0n) is 15.3. The number of halogens is 1. The van der Waals surface area contributed by atoms with E-state index in [1.54, 1.807) is 12.1 Å². The van der Waals surface area contributed by atoms with Crippen molar-refractivity contribution in [3.05, 3.63) is 71.0 Å². The van der Waals surface area contributed by atoms with Crippen LogP contribution in [0.4, 0.5) is 4.39 Å². The second-order valence-corrected chi connectivity index (χ2v) is 6.12. The molecule has 0 spiro atoms. The Hall–Kier alpha value is -2.66. The number of carbonyl (C=O) groups excluding carboxylic acids is 1. The monoisotopic (exact) mass is 357 g/mol. The molecule has 0 saturated heterocycles. The lowest BCUT2D eigenvalue weighted by atomic mass is 10.1. The molecule has 0 atom stereocenters. The maximum atomic E-state index is 13.6. The number of hydrogen-bond acceptors (Lipinski definition) is 3. The first kappa shape index (κ1) is 19.7. The van der Waals surface area contributed by atoms with Crippen LogP contribution in [0.25, 0.3) is 6.08 Å². The van der Waals surface area contributed by atoms with E-state index < -0.39 is 5.82 Å². The van der Waals surface area contributed by atoms with Crippen LogP contribution in [-0.2, 0) is 22.7 Å². The van der Waals surface area contributed by atoms with E-state index in [-0.39, 0.29) is 17.8 Å². The fourth-order valence-corrected chi connectivity index (χ4v) is 2.22. The number of benzene rings is 2. The molecule has 2 aromatic rings. The van der Waals surface area contributed by atoms with Gasteiger partial charge < -0.3 is 14.8 Å². The molecular weight excluding hydrogens is 333 g/mol. The van der Waals surface area contributed by atoms with Gasteiger partial charge in [-0.15, -0.1) is 0 Å². The number of nitrogens with one attached hydrogen (secondary N) is 1. The summed E-state index contributed by atoms with van der Waals surface area (Å²) in [5, 5.41) is 2.80. The number of methoxy groups -OCH3 is 1. The molecule has 26 heavy (non-hydrogen) atoms. The van der Waals surface area contributed by atoms with Crippen LogP contribution >= 0.6 is 0 Å². The fraction of sp³-hybridized carbons (Fsp3) is 0.286. The molecule has 0 aliphatic rings. The zero-order valence-corrected chi connectivity index (χ0v) is 15.3. The van der Waals surface area contributed by atoms with Gasteiger partial charge in [-0.1, -0.05) is 30.3 Å². The number of carbonyl (C=O) groups is 1. The molecule has 1 amide bonds. The highest BCUT2D eigenvalue weighted by Crippen LogP contribution is 2.18. The van der Waals surface area contributed by atoms with Gasteiger partial charge in [0.2, 0.25) is 5.91 Å². The molecule has 1 N–H and O–H groups in total. The minimum atomic E-state index is -0.461. The molecule has 0 bridgehead atoms. The third-order valence-electron chi connectivity index (χ3n) is 3.68. The summed E-state index contributed by atoms with van der Waals surface area (Å²) >= 11 is 0. The lowest BCUT2D eigenvalue weighted by molar-refractivity contribution is -0.116. The van der Waals surface area contributed by atoms with Gasteiger partial charge in [-0.05, 0) is 48.7 Å². The molecule has 0 saturated carbocycles. The van der Waals surface area contributed by atoms with Gasteiger partial charge >= 0.3 is 0 Å². The van der Waals surface area contributed by atoms with Crippen LogP contribution in [0.15, 0.2) is 48.5 Å². The lowest BCUT2D eigenvalue weighted by Gasteiger charge is -2.08. The lowest BCUT2D eigenvalue weighted by Crippen LogP contribution is -2.20. The quantitative estimate of drug-likeness (QED) is 0.724. The summed E-state index contributed by atoms with van der Waals surface area (Å²) in [5.74, 6) is -0.529. The molecule has 0 aliphatic heterocycles. The molecular formula is C21H24FNO3. The van der Waals surface area contributed by atoms with Gasteiger partial charge in [-0.25, -0.2) is 4.39 Å². The van der Waals surface area contributed by atoms with Crippen LogP contribution in [0.2, 0.25) is 0 Å². The highest BCUT2D eigenvalue weighted by molar-refractivity contribution is 5.91. The van der Waals surface area contributed by atoms with Crippen LogP contribution in [0.5, 0.6) is 5.75 Å². The van der Waals surface area contributed by atoms with E-state index in [1.807, 2.05) is 38.1 Å². The van der Waals surface area contributed by atoms with E-state index in [4.69, 9.17) is 9.47 Å². The molecule has 0 radical (unpaired) electrons. The predicted octanol–water partition coefficient (Wildman–Crippen LogP) is 4.09. The first-order chi connectivity index (χ1) is 12.5. The number of rotatable bonds is 8. The van der Waals surface area contributed by atoms with E-state index in [0.29, 0.717) is 18.7 Å². The topological polar surface area (TPSA) is 47.6 Å². The van der Waals surface area contributed by atoms with Crippen molar-refractivity contribution >= 4 is 12.0 Å². The van der Waals surface area contributed by atoms with Gasteiger partial charge in [-0.2, -0.15) is 0 Å². The molecule has 4 nitrogen and oxygen atoms in total. The second kappa shape index (κ2) is 9.73. The van der Waals surface area contributed by atoms with Crippen LogP contribution in [0.3, 0.4) is 0 Å². The molecule has 0 aliphatic carbocycles. The zero-order chi connectivity index (χ0) is 18.9. The maximum Gasteiger partial charge on any atom is 0.244 e. The Kier molecular flexibility index (Phi) is 7.36. The van der Waals surface area contributed by atoms with Crippen molar-refractivity contribution in [2.24, 2.45) is 0 Å². The minimum absolute atomic E-state index is 0.175. The predicted molar refractivity (Wildman–Crippen MR) is 100 cm³/mol. The normalized spacial score (nSPS) is 11.1. The van der Waals surface area contributed by atoms with Crippen LogP contribution in [-0.4, -0.2) is 19.1 Å². The molecule has 0 unspecified atom stereocenters. The van der Waals surface area contributed by atoms with E-state index in [0.717, 1.165) is 11.1 Å². The van der Waals surface area contributed by atoms with Crippen molar-refractivity contribution in [3.63, 3.8) is 0 Å². The van der Waals surface area contributed by atoms with Gasteiger partial charge in [-0.3, -0.25) is 4.79 Å². The Bertz CT molecular complexity index is 754. The Morgan fingerprint density at radius 2 is 1.85 bits per heavy atom. The molecule has 5 heteroatoms. The average Bonchev–Trinajstić information content (AvgIpc) is 2.64. The van der Waals surface area contributed by atoms with Crippen molar-refractivity contribution in [1.82, 2.24) is 5.32 Å². The summed E-state index contributed by atoms with van der Waals surface area (Å²) in [6.45, 7) is 4.99. The van der Waals surface area contributed by atoms with Gasteiger partial charge in [0.05, 0.1) is 19.8 Å². The summed E-state index contributed by atoms with van der Waals surface area (Å²) in [5.41, 5.74) is 2.68. The van der Waals surface area contributed by atoms with Crippen molar-refractivity contribution < 1.29 is 18.7 Å². The van der Waals surface area contributed by atoms with Crippen molar-refractivity contribution in [2.45, 2.75) is 33.1 Å². The van der Waals surface area contributed by atoms with E-state index in [9.17, 15) is 9.18 Å². The molecule has 0 aromatic heterocycles. The standard InChI is InChI=1S/C21H24FNO3/c1-15(2)26-14-18-6-4-17(5-7-18)13-23-21(24)11-9-16-8-10-20(25-3)19(22)12-16/h4-12,15H,13-14H2,1-3H3,(H,23,24)/b11-9+. The van der Waals surface area contributed by atoms with Gasteiger partial charge in [0.15, 0.2) is 11.6 Å². The summed E-state index contributed by atoms with van der Waals surface area (Å²) in [4.78, 5) is 11.9. The number of amides is 1. The van der Waals surface area contributed by atoms with Crippen LogP contribution in [0.1, 0.15) is 30.5 Å². The first-order valence-electron chi connectivity index (χ1n) is 8.47. The third-order valence-corrected chi connectivity index (χ3v) is 3.68. The van der Waals surface area contributed by atoms with E-state index >= 15 is 0 Å². The molecule has 2 aromatic carbocycles. The SMILES string of the molecule is COc1ccc(/C=C/C(=O)NCc2ccc(COC(C)C)cc2)cc1F. The fourth-order valence-electron chi connectivity index (χ4n) is 2.22. The smallest absolute Gasteiger partial charge is 0.244 e. The first-order valence-corrected chi connectivity index (χ1v) is 8.47. The average molecular weight is 357 g/mol. The van der Waals surface area contributed by atoms with E-state index in [2.05, 4.69) is 5.32 Å². The van der Waals surface area contributed by atoms with Gasteiger partial charge in [0.1, 0.15) is 0 Å². The molecule has 0 fully saturated rings. The van der Waals surface area contributed by atoms with Crippen LogP contribution in [0, 0.1) is 5.82 Å². The van der Waals surface area contributed by atoms with E-state index in [1.165, 1.54) is 25.3 Å². The van der Waals surface area contributed by atoms with Crippen molar-refractivity contribution in [2.75, 3.05) is 7.11 Å². The maximum absolute atomic E-state index is 13.6.